The van der Waals surface area contributed by atoms with E-state index in [9.17, 15) is 14.0 Å². The average Bonchev–Trinajstić information content (AvgIpc) is 2.71. The van der Waals surface area contributed by atoms with Crippen molar-refractivity contribution in [2.24, 2.45) is 0 Å². The molecule has 0 aromatic heterocycles. The zero-order valence-electron chi connectivity index (χ0n) is 16.8. The molecule has 2 aromatic rings. The Hall–Kier alpha value is -2.89. The topological polar surface area (TPSA) is 67.4 Å². The number of hydrogen-bond donors (Lipinski definition) is 2. The molecule has 2 N–H and O–H groups in total. The molecule has 1 saturated carbocycles. The van der Waals surface area contributed by atoms with Gasteiger partial charge in [0.1, 0.15) is 17.5 Å². The van der Waals surface area contributed by atoms with Gasteiger partial charge in [0, 0.05) is 18.5 Å². The van der Waals surface area contributed by atoms with Crippen LogP contribution in [0, 0.1) is 5.82 Å². The van der Waals surface area contributed by atoms with Crippen molar-refractivity contribution in [2.75, 3.05) is 5.32 Å². The van der Waals surface area contributed by atoms with Crippen molar-refractivity contribution in [3.05, 3.63) is 59.4 Å². The highest BCUT2D eigenvalue weighted by Gasteiger charge is 2.22. The van der Waals surface area contributed by atoms with Gasteiger partial charge in [-0.2, -0.15) is 0 Å². The zero-order chi connectivity index (χ0) is 20.8. The summed E-state index contributed by atoms with van der Waals surface area (Å²) >= 11 is 0. The Bertz CT molecular complexity index is 864. The van der Waals surface area contributed by atoms with Gasteiger partial charge in [0.05, 0.1) is 0 Å². The van der Waals surface area contributed by atoms with Crippen LogP contribution >= 0.6 is 0 Å². The number of rotatable bonds is 6. The quantitative estimate of drug-likeness (QED) is 0.721. The maximum atomic E-state index is 14.8. The third-order valence-corrected chi connectivity index (χ3v) is 5.13. The molecule has 0 heterocycles. The van der Waals surface area contributed by atoms with Gasteiger partial charge in [0.2, 0.25) is 5.91 Å². The fraction of sp³-hybridized carbons (Fsp3) is 0.391. The van der Waals surface area contributed by atoms with Crippen LogP contribution in [0.25, 0.3) is 0 Å². The van der Waals surface area contributed by atoms with E-state index >= 15 is 0 Å². The number of carbonyl (C=O) groups excluding carboxylic acids is 2. The van der Waals surface area contributed by atoms with Gasteiger partial charge in [0.25, 0.3) is 5.91 Å². The van der Waals surface area contributed by atoms with E-state index in [0.717, 1.165) is 37.3 Å². The van der Waals surface area contributed by atoms with Gasteiger partial charge in [-0.05, 0) is 37.5 Å². The third-order valence-electron chi connectivity index (χ3n) is 5.13. The monoisotopic (exact) mass is 398 g/mol. The molecule has 2 amide bonds. The summed E-state index contributed by atoms with van der Waals surface area (Å²) in [6.07, 6.45) is 4.84. The fourth-order valence-corrected chi connectivity index (χ4v) is 3.60. The smallest absolute Gasteiger partial charge is 0.251 e. The lowest BCUT2D eigenvalue weighted by molar-refractivity contribution is -0.114. The third kappa shape index (κ3) is 5.56. The molecule has 2 aromatic carbocycles. The number of amides is 2. The van der Waals surface area contributed by atoms with Gasteiger partial charge in [-0.3, -0.25) is 9.59 Å². The highest BCUT2D eigenvalue weighted by Crippen LogP contribution is 2.33. The highest BCUT2D eigenvalue weighted by molar-refractivity contribution is 5.97. The molecule has 3 rings (SSSR count). The average molecular weight is 398 g/mol. The number of ether oxygens (including phenoxy) is 1. The molecule has 1 fully saturated rings. The van der Waals surface area contributed by atoms with Crippen molar-refractivity contribution in [1.29, 1.82) is 0 Å². The van der Waals surface area contributed by atoms with Crippen molar-refractivity contribution in [1.82, 2.24) is 5.32 Å². The molecule has 0 bridgehead atoms. The molecule has 154 valence electrons. The first-order valence-corrected chi connectivity index (χ1v) is 10.1. The lowest BCUT2D eigenvalue weighted by Crippen LogP contribution is -2.36. The normalized spacial score (nSPS) is 15.4. The molecule has 0 radical (unpaired) electrons. The Morgan fingerprint density at radius 2 is 1.79 bits per heavy atom. The van der Waals surface area contributed by atoms with E-state index in [-0.39, 0.29) is 35.1 Å². The second kappa shape index (κ2) is 9.54. The van der Waals surface area contributed by atoms with Crippen molar-refractivity contribution >= 4 is 17.5 Å². The first kappa shape index (κ1) is 20.8. The van der Waals surface area contributed by atoms with Crippen molar-refractivity contribution in [2.45, 2.75) is 58.1 Å². The first-order chi connectivity index (χ1) is 13.9. The largest absolute Gasteiger partial charge is 0.484 e. The lowest BCUT2D eigenvalue weighted by atomic mass is 9.95. The molecule has 1 atom stereocenters. The summed E-state index contributed by atoms with van der Waals surface area (Å²) in [4.78, 5) is 24.2. The van der Waals surface area contributed by atoms with E-state index in [2.05, 4.69) is 10.6 Å². The predicted molar refractivity (Wildman–Crippen MR) is 111 cm³/mol. The van der Waals surface area contributed by atoms with Crippen LogP contribution < -0.4 is 15.4 Å². The molecule has 0 aliphatic heterocycles. The molecule has 0 spiro atoms. The van der Waals surface area contributed by atoms with Gasteiger partial charge in [0.15, 0.2) is 5.82 Å². The Morgan fingerprint density at radius 1 is 1.10 bits per heavy atom. The molecule has 1 unspecified atom stereocenters. The molecule has 6 heteroatoms. The minimum absolute atomic E-state index is 0.0607. The Kier molecular flexibility index (Phi) is 6.86. The highest BCUT2D eigenvalue weighted by atomic mass is 19.1. The van der Waals surface area contributed by atoms with Gasteiger partial charge in [-0.15, -0.1) is 0 Å². The van der Waals surface area contributed by atoms with Crippen LogP contribution in [-0.4, -0.2) is 17.9 Å². The molecule has 1 aliphatic carbocycles. The van der Waals surface area contributed by atoms with Crippen LogP contribution in [0.2, 0.25) is 0 Å². The lowest BCUT2D eigenvalue weighted by Gasteiger charge is -2.23. The maximum absolute atomic E-state index is 14.8. The fourth-order valence-electron chi connectivity index (χ4n) is 3.60. The van der Waals surface area contributed by atoms with E-state index in [1.807, 2.05) is 37.3 Å². The van der Waals surface area contributed by atoms with E-state index in [4.69, 9.17) is 4.74 Å². The number of nitrogens with one attached hydrogen (secondary N) is 2. The van der Waals surface area contributed by atoms with Crippen LogP contribution in [-0.2, 0) is 4.79 Å². The maximum Gasteiger partial charge on any atom is 0.251 e. The number of carbonyl (C=O) groups is 2. The second-order valence-electron chi connectivity index (χ2n) is 7.49. The summed E-state index contributed by atoms with van der Waals surface area (Å²) in [7, 11) is 0. The van der Waals surface area contributed by atoms with E-state index in [0.29, 0.717) is 0 Å². The minimum atomic E-state index is -0.702. The molecular weight excluding hydrogens is 371 g/mol. The Morgan fingerprint density at radius 3 is 2.45 bits per heavy atom. The van der Waals surface area contributed by atoms with Gasteiger partial charge < -0.3 is 15.4 Å². The summed E-state index contributed by atoms with van der Waals surface area (Å²) in [5, 5.41) is 5.46. The standard InChI is InChI=1S/C23H27FN2O3/c1-15(17-9-5-3-6-10-17)29-21-14-18(13-20(24)22(21)25-16(2)27)23(28)26-19-11-7-4-8-12-19/h3,5-6,9-10,13-15,19H,4,7-8,11-12H2,1-2H3,(H,25,27)(H,26,28). The van der Waals surface area contributed by atoms with Crippen LogP contribution in [0.3, 0.4) is 0 Å². The summed E-state index contributed by atoms with van der Waals surface area (Å²) in [5.41, 5.74) is 1.02. The van der Waals surface area contributed by atoms with Gasteiger partial charge in [-0.1, -0.05) is 49.6 Å². The summed E-state index contributed by atoms with van der Waals surface area (Å²) < 4.78 is 20.7. The molecule has 29 heavy (non-hydrogen) atoms. The second-order valence-corrected chi connectivity index (χ2v) is 7.49. The Labute approximate surface area is 170 Å². The van der Waals surface area contributed by atoms with Crippen LogP contribution in [0.4, 0.5) is 10.1 Å². The molecule has 0 saturated heterocycles. The minimum Gasteiger partial charge on any atom is -0.484 e. The molecule has 5 nitrogen and oxygen atoms in total. The van der Waals surface area contributed by atoms with Gasteiger partial charge >= 0.3 is 0 Å². The summed E-state index contributed by atoms with van der Waals surface area (Å²) in [5.74, 6) is -1.32. The van der Waals surface area contributed by atoms with Crippen LogP contribution in [0.1, 0.15) is 68.0 Å². The van der Waals surface area contributed by atoms with Crippen LogP contribution in [0.5, 0.6) is 5.75 Å². The van der Waals surface area contributed by atoms with Crippen molar-refractivity contribution in [3.63, 3.8) is 0 Å². The SMILES string of the molecule is CC(=O)Nc1c(F)cc(C(=O)NC2CCCCC2)cc1OC(C)c1ccccc1. The molecule has 1 aliphatic rings. The summed E-state index contributed by atoms with van der Waals surface area (Å²) in [6.45, 7) is 3.13. The van der Waals surface area contributed by atoms with E-state index < -0.39 is 11.7 Å². The Balaban J connectivity index is 1.86. The van der Waals surface area contributed by atoms with E-state index in [1.54, 1.807) is 0 Å². The van der Waals surface area contributed by atoms with Crippen LogP contribution in [0.15, 0.2) is 42.5 Å². The number of hydrogen-bond acceptors (Lipinski definition) is 3. The predicted octanol–water partition coefficient (Wildman–Crippen LogP) is 4.99. The van der Waals surface area contributed by atoms with E-state index in [1.165, 1.54) is 19.4 Å². The van der Waals surface area contributed by atoms with Gasteiger partial charge in [-0.25, -0.2) is 4.39 Å². The number of anilines is 1. The summed E-state index contributed by atoms with van der Waals surface area (Å²) in [6, 6.07) is 12.2. The number of benzene rings is 2. The molecular formula is C23H27FN2O3. The first-order valence-electron chi connectivity index (χ1n) is 10.1. The van der Waals surface area contributed by atoms with Crippen molar-refractivity contribution < 1.29 is 18.7 Å². The zero-order valence-corrected chi connectivity index (χ0v) is 16.8. The number of halogens is 1. The van der Waals surface area contributed by atoms with Crippen molar-refractivity contribution in [3.8, 4) is 5.75 Å².